The van der Waals surface area contributed by atoms with Crippen LogP contribution in [-0.2, 0) is 5.33 Å². The Balaban J connectivity index is 3.27. The molecule has 0 atom stereocenters. The zero-order valence-electron chi connectivity index (χ0n) is 5.64. The molecule has 0 fully saturated rings. The fourth-order valence-electron chi connectivity index (χ4n) is 0.799. The standard InChI is InChI=1S/C8H5BrFN/c9-4-7-6(5-11)2-1-3-8(7)10/h1-3H,4H2. The number of alkyl halides is 1. The van der Waals surface area contributed by atoms with Crippen molar-refractivity contribution in [1.29, 1.82) is 5.26 Å². The van der Waals surface area contributed by atoms with Gasteiger partial charge in [0, 0.05) is 10.9 Å². The van der Waals surface area contributed by atoms with Gasteiger partial charge in [0.1, 0.15) is 5.82 Å². The molecule has 0 amide bonds. The molecule has 0 saturated heterocycles. The van der Waals surface area contributed by atoms with Crippen molar-refractivity contribution in [3.63, 3.8) is 0 Å². The van der Waals surface area contributed by atoms with Crippen LogP contribution in [0.25, 0.3) is 0 Å². The minimum Gasteiger partial charge on any atom is -0.207 e. The van der Waals surface area contributed by atoms with Crippen molar-refractivity contribution in [3.8, 4) is 6.07 Å². The number of hydrogen-bond acceptors (Lipinski definition) is 1. The van der Waals surface area contributed by atoms with Crippen LogP contribution < -0.4 is 0 Å². The van der Waals surface area contributed by atoms with Crippen molar-refractivity contribution in [2.45, 2.75) is 5.33 Å². The highest BCUT2D eigenvalue weighted by molar-refractivity contribution is 9.08. The lowest BCUT2D eigenvalue weighted by Crippen LogP contribution is -1.89. The van der Waals surface area contributed by atoms with Gasteiger partial charge in [-0.15, -0.1) is 0 Å². The summed E-state index contributed by atoms with van der Waals surface area (Å²) < 4.78 is 12.9. The minimum atomic E-state index is -0.332. The molecule has 3 heteroatoms. The van der Waals surface area contributed by atoms with E-state index < -0.39 is 0 Å². The van der Waals surface area contributed by atoms with Gasteiger partial charge in [0.05, 0.1) is 11.6 Å². The molecule has 0 unspecified atom stereocenters. The SMILES string of the molecule is N#Cc1cccc(F)c1CBr. The van der Waals surface area contributed by atoms with Gasteiger partial charge in [-0.1, -0.05) is 22.0 Å². The molecule has 0 N–H and O–H groups in total. The van der Waals surface area contributed by atoms with Gasteiger partial charge < -0.3 is 0 Å². The second kappa shape index (κ2) is 3.49. The number of nitriles is 1. The average Bonchev–Trinajstić information content (AvgIpc) is 2.04. The van der Waals surface area contributed by atoms with Crippen LogP contribution in [0.3, 0.4) is 0 Å². The second-order valence-corrected chi connectivity index (χ2v) is 2.57. The molecule has 0 heterocycles. The van der Waals surface area contributed by atoms with E-state index in [2.05, 4.69) is 15.9 Å². The monoisotopic (exact) mass is 213 g/mol. The van der Waals surface area contributed by atoms with Gasteiger partial charge in [0.25, 0.3) is 0 Å². The summed E-state index contributed by atoms with van der Waals surface area (Å²) >= 11 is 3.11. The van der Waals surface area contributed by atoms with Gasteiger partial charge in [-0.2, -0.15) is 5.26 Å². The Morgan fingerprint density at radius 1 is 1.55 bits per heavy atom. The normalized spacial score (nSPS) is 9.18. The molecule has 0 aliphatic rings. The van der Waals surface area contributed by atoms with E-state index >= 15 is 0 Å². The number of halogens is 2. The number of rotatable bonds is 1. The third-order valence-corrected chi connectivity index (χ3v) is 1.93. The molecule has 0 saturated carbocycles. The van der Waals surface area contributed by atoms with Gasteiger partial charge in [-0.3, -0.25) is 0 Å². The van der Waals surface area contributed by atoms with E-state index in [4.69, 9.17) is 5.26 Å². The maximum absolute atomic E-state index is 12.9. The Bertz CT molecular complexity index is 303. The smallest absolute Gasteiger partial charge is 0.128 e. The van der Waals surface area contributed by atoms with Gasteiger partial charge in [-0.25, -0.2) is 4.39 Å². The maximum Gasteiger partial charge on any atom is 0.128 e. The first kappa shape index (κ1) is 8.22. The first-order valence-corrected chi connectivity index (χ1v) is 4.15. The first-order chi connectivity index (χ1) is 5.29. The Morgan fingerprint density at radius 3 is 2.73 bits per heavy atom. The largest absolute Gasteiger partial charge is 0.207 e. The third-order valence-electron chi connectivity index (χ3n) is 1.37. The molecule has 1 aromatic rings. The predicted octanol–water partition coefficient (Wildman–Crippen LogP) is 2.59. The van der Waals surface area contributed by atoms with Crippen LogP contribution in [-0.4, -0.2) is 0 Å². The fourth-order valence-corrected chi connectivity index (χ4v) is 1.37. The molecule has 0 radical (unpaired) electrons. The van der Waals surface area contributed by atoms with E-state index in [1.807, 2.05) is 6.07 Å². The fraction of sp³-hybridized carbons (Fsp3) is 0.125. The Morgan fingerprint density at radius 2 is 2.27 bits per heavy atom. The van der Waals surface area contributed by atoms with E-state index in [1.165, 1.54) is 12.1 Å². The molecule has 11 heavy (non-hydrogen) atoms. The van der Waals surface area contributed by atoms with Gasteiger partial charge in [0.2, 0.25) is 0 Å². The molecule has 1 rings (SSSR count). The maximum atomic E-state index is 12.9. The van der Waals surface area contributed by atoms with E-state index in [9.17, 15) is 4.39 Å². The van der Waals surface area contributed by atoms with E-state index in [1.54, 1.807) is 6.07 Å². The summed E-state index contributed by atoms with van der Waals surface area (Å²) in [5, 5.41) is 8.91. The summed E-state index contributed by atoms with van der Waals surface area (Å²) in [5.74, 6) is -0.332. The van der Waals surface area contributed by atoms with Crippen LogP contribution in [0, 0.1) is 17.1 Å². The molecule has 1 nitrogen and oxygen atoms in total. The highest BCUT2D eigenvalue weighted by atomic mass is 79.9. The zero-order valence-corrected chi connectivity index (χ0v) is 7.23. The summed E-state index contributed by atoms with van der Waals surface area (Å²) in [6.45, 7) is 0. The number of hydrogen-bond donors (Lipinski definition) is 0. The van der Waals surface area contributed by atoms with Crippen LogP contribution in [0.5, 0.6) is 0 Å². The molecular weight excluding hydrogens is 209 g/mol. The van der Waals surface area contributed by atoms with Crippen molar-refractivity contribution in [2.24, 2.45) is 0 Å². The quantitative estimate of drug-likeness (QED) is 0.659. The molecule has 0 bridgehead atoms. The van der Waals surface area contributed by atoms with Crippen molar-refractivity contribution in [3.05, 3.63) is 35.1 Å². The predicted molar refractivity (Wildman–Crippen MR) is 43.7 cm³/mol. The van der Waals surface area contributed by atoms with Crippen LogP contribution in [0.4, 0.5) is 4.39 Å². The lowest BCUT2D eigenvalue weighted by atomic mass is 10.1. The molecule has 0 aliphatic carbocycles. The molecule has 0 aromatic heterocycles. The van der Waals surface area contributed by atoms with Crippen LogP contribution in [0.1, 0.15) is 11.1 Å². The van der Waals surface area contributed by atoms with Crippen molar-refractivity contribution >= 4 is 15.9 Å². The molecule has 1 aromatic carbocycles. The Labute approximate surface area is 72.6 Å². The molecule has 56 valence electrons. The topological polar surface area (TPSA) is 23.8 Å². The summed E-state index contributed by atoms with van der Waals surface area (Å²) in [5.41, 5.74) is 0.817. The Kier molecular flexibility index (Phi) is 2.61. The van der Waals surface area contributed by atoms with Gasteiger partial charge in [0.15, 0.2) is 0 Å². The summed E-state index contributed by atoms with van der Waals surface area (Å²) in [6.07, 6.45) is 0. The molecule has 0 aliphatic heterocycles. The Hall–Kier alpha value is -0.880. The number of nitrogens with zero attached hydrogens (tertiary/aromatic N) is 1. The average molecular weight is 214 g/mol. The van der Waals surface area contributed by atoms with Gasteiger partial charge >= 0.3 is 0 Å². The van der Waals surface area contributed by atoms with Gasteiger partial charge in [-0.05, 0) is 12.1 Å². The first-order valence-electron chi connectivity index (χ1n) is 3.03. The van der Waals surface area contributed by atoms with E-state index in [0.717, 1.165) is 0 Å². The van der Waals surface area contributed by atoms with E-state index in [-0.39, 0.29) is 5.82 Å². The van der Waals surface area contributed by atoms with Crippen molar-refractivity contribution in [1.82, 2.24) is 0 Å². The lowest BCUT2D eigenvalue weighted by molar-refractivity contribution is 0.617. The van der Waals surface area contributed by atoms with Crippen LogP contribution >= 0.6 is 15.9 Å². The molecule has 0 spiro atoms. The van der Waals surface area contributed by atoms with Crippen molar-refractivity contribution in [2.75, 3.05) is 0 Å². The van der Waals surface area contributed by atoms with Crippen LogP contribution in [0.2, 0.25) is 0 Å². The van der Waals surface area contributed by atoms with Crippen LogP contribution in [0.15, 0.2) is 18.2 Å². The highest BCUT2D eigenvalue weighted by Gasteiger charge is 2.04. The highest BCUT2D eigenvalue weighted by Crippen LogP contribution is 2.15. The summed E-state index contributed by atoms with van der Waals surface area (Å²) in [6, 6.07) is 6.39. The summed E-state index contributed by atoms with van der Waals surface area (Å²) in [4.78, 5) is 0. The second-order valence-electron chi connectivity index (χ2n) is 2.01. The van der Waals surface area contributed by atoms with Crippen molar-refractivity contribution < 1.29 is 4.39 Å². The summed E-state index contributed by atoms with van der Waals surface area (Å²) in [7, 11) is 0. The molecular formula is C8H5BrFN. The number of benzene rings is 1. The minimum absolute atomic E-state index is 0.332. The van der Waals surface area contributed by atoms with E-state index in [0.29, 0.717) is 16.5 Å². The third kappa shape index (κ3) is 1.58. The zero-order chi connectivity index (χ0) is 8.27. The lowest BCUT2D eigenvalue weighted by Gasteiger charge is -1.98.